The Hall–Kier alpha value is -2.41. The molecule has 0 radical (unpaired) electrons. The van der Waals surface area contributed by atoms with Crippen LogP contribution in [0, 0.1) is 0 Å². The van der Waals surface area contributed by atoms with Crippen molar-refractivity contribution in [1.29, 1.82) is 0 Å². The van der Waals surface area contributed by atoms with E-state index in [1.807, 2.05) is 30.5 Å². The van der Waals surface area contributed by atoms with Crippen LogP contribution in [0.4, 0.5) is 21.6 Å². The normalized spacial score (nSPS) is 15.5. The largest absolute Gasteiger partial charge is 0.368 e. The molecule has 3 rings (SSSR count). The van der Waals surface area contributed by atoms with Gasteiger partial charge in [0, 0.05) is 52.2 Å². The maximum Gasteiger partial charge on any atom is 0.274 e. The van der Waals surface area contributed by atoms with Crippen LogP contribution in [0.5, 0.6) is 0 Å². The lowest BCUT2D eigenvalue weighted by atomic mass is 10.2. The van der Waals surface area contributed by atoms with E-state index in [1.165, 1.54) is 0 Å². The summed E-state index contributed by atoms with van der Waals surface area (Å²) in [6.45, 7) is 3.49. The minimum absolute atomic E-state index is 0.0968. The van der Waals surface area contributed by atoms with Crippen LogP contribution in [0.3, 0.4) is 0 Å². The first-order valence-electron chi connectivity index (χ1n) is 8.09. The number of pyridine rings is 2. The zero-order valence-electron chi connectivity index (χ0n) is 13.8. The molecule has 2 aromatic rings. The van der Waals surface area contributed by atoms with E-state index >= 15 is 0 Å². The molecule has 0 aromatic carbocycles. The van der Waals surface area contributed by atoms with Crippen LogP contribution >= 0.6 is 0 Å². The van der Waals surface area contributed by atoms with Crippen molar-refractivity contribution in [3.63, 3.8) is 0 Å². The molecule has 0 saturated carbocycles. The summed E-state index contributed by atoms with van der Waals surface area (Å²) in [6, 6.07) is 7.38. The lowest BCUT2D eigenvalue weighted by Gasteiger charge is -2.35. The van der Waals surface area contributed by atoms with Gasteiger partial charge in [-0.15, -0.1) is 0 Å². The highest BCUT2D eigenvalue weighted by molar-refractivity contribution is 5.61. The Balaban J connectivity index is 1.79. The van der Waals surface area contributed by atoms with E-state index in [9.17, 15) is 9.18 Å². The van der Waals surface area contributed by atoms with Crippen LogP contribution in [0.25, 0.3) is 0 Å². The zero-order valence-corrected chi connectivity index (χ0v) is 13.8. The van der Waals surface area contributed by atoms with Gasteiger partial charge in [0.25, 0.3) is 5.56 Å². The van der Waals surface area contributed by atoms with E-state index in [4.69, 9.17) is 0 Å². The molecule has 1 fully saturated rings. The van der Waals surface area contributed by atoms with Crippen LogP contribution in [0.15, 0.2) is 41.5 Å². The van der Waals surface area contributed by atoms with Crippen LogP contribution in [-0.4, -0.2) is 53.8 Å². The summed E-state index contributed by atoms with van der Waals surface area (Å²) in [6.07, 6.45) is 3.53. The highest BCUT2D eigenvalue weighted by Crippen LogP contribution is 2.20. The van der Waals surface area contributed by atoms with E-state index in [-0.39, 0.29) is 12.2 Å². The number of hydrogen-bond donors (Lipinski definition) is 1. The standard InChI is InChI=1S/C17H22FN5O/c1-21-13-14(23-10-8-22(7-5-18)9-11-23)12-15(17(21)24)20-16-4-2-3-6-19-16/h2-4,6,12-13H,5,7-11H2,1H3,(H,19,20). The predicted molar refractivity (Wildman–Crippen MR) is 93.8 cm³/mol. The van der Waals surface area contributed by atoms with Gasteiger partial charge in [-0.2, -0.15) is 0 Å². The molecule has 0 unspecified atom stereocenters. The van der Waals surface area contributed by atoms with Crippen LogP contribution in [0.2, 0.25) is 0 Å². The summed E-state index contributed by atoms with van der Waals surface area (Å²) in [5.74, 6) is 0.638. The number of rotatable bonds is 5. The minimum Gasteiger partial charge on any atom is -0.368 e. The van der Waals surface area contributed by atoms with Crippen molar-refractivity contribution in [2.45, 2.75) is 0 Å². The van der Waals surface area contributed by atoms with E-state index in [0.29, 0.717) is 18.1 Å². The average Bonchev–Trinajstić information content (AvgIpc) is 2.61. The van der Waals surface area contributed by atoms with Crippen molar-refractivity contribution in [1.82, 2.24) is 14.5 Å². The maximum atomic E-state index is 12.4. The average molecular weight is 331 g/mol. The first-order valence-corrected chi connectivity index (χ1v) is 8.09. The molecule has 0 bridgehead atoms. The summed E-state index contributed by atoms with van der Waals surface area (Å²) in [4.78, 5) is 20.9. The number of halogens is 1. The monoisotopic (exact) mass is 331 g/mol. The molecule has 0 spiro atoms. The number of nitrogens with zero attached hydrogens (tertiary/aromatic N) is 4. The van der Waals surface area contributed by atoms with Crippen molar-refractivity contribution in [3.05, 3.63) is 47.0 Å². The van der Waals surface area contributed by atoms with Gasteiger partial charge in [-0.25, -0.2) is 9.37 Å². The molecule has 0 atom stereocenters. The SMILES string of the molecule is Cn1cc(N2CCN(CCF)CC2)cc(Nc2ccccn2)c1=O. The van der Waals surface area contributed by atoms with Gasteiger partial charge in [0.05, 0.1) is 5.69 Å². The van der Waals surface area contributed by atoms with Crippen molar-refractivity contribution in [3.8, 4) is 0 Å². The number of hydrogen-bond acceptors (Lipinski definition) is 5. The number of aryl methyl sites for hydroxylation is 1. The number of aromatic nitrogens is 2. The first kappa shape index (κ1) is 16.4. The Kier molecular flexibility index (Phi) is 5.10. The van der Waals surface area contributed by atoms with Crippen molar-refractivity contribution < 1.29 is 4.39 Å². The molecule has 1 N–H and O–H groups in total. The molecular formula is C17H22FN5O. The molecule has 2 aromatic heterocycles. The quantitative estimate of drug-likeness (QED) is 0.902. The maximum absolute atomic E-state index is 12.4. The summed E-state index contributed by atoms with van der Waals surface area (Å²) in [7, 11) is 1.74. The van der Waals surface area contributed by atoms with Crippen LogP contribution in [-0.2, 0) is 7.05 Å². The van der Waals surface area contributed by atoms with E-state index < -0.39 is 0 Å². The van der Waals surface area contributed by atoms with Gasteiger partial charge in [-0.05, 0) is 18.2 Å². The van der Waals surface area contributed by atoms with Gasteiger partial charge in [-0.3, -0.25) is 9.69 Å². The van der Waals surface area contributed by atoms with Gasteiger partial charge < -0.3 is 14.8 Å². The molecule has 0 amide bonds. The smallest absolute Gasteiger partial charge is 0.274 e. The number of piperazine rings is 1. The molecule has 1 aliphatic heterocycles. The molecule has 24 heavy (non-hydrogen) atoms. The van der Waals surface area contributed by atoms with Gasteiger partial charge in [0.1, 0.15) is 18.2 Å². The fourth-order valence-corrected chi connectivity index (χ4v) is 2.88. The van der Waals surface area contributed by atoms with E-state index in [1.54, 1.807) is 17.8 Å². The minimum atomic E-state index is -0.308. The fraction of sp³-hybridized carbons (Fsp3) is 0.412. The van der Waals surface area contributed by atoms with E-state index in [2.05, 4.69) is 20.1 Å². The summed E-state index contributed by atoms with van der Waals surface area (Å²) in [5, 5.41) is 3.09. The molecule has 7 heteroatoms. The third-order valence-corrected chi connectivity index (χ3v) is 4.23. The second-order valence-corrected chi connectivity index (χ2v) is 5.89. The molecule has 128 valence electrons. The number of anilines is 3. The van der Waals surface area contributed by atoms with Gasteiger partial charge >= 0.3 is 0 Å². The highest BCUT2D eigenvalue weighted by atomic mass is 19.1. The van der Waals surface area contributed by atoms with Crippen molar-refractivity contribution in [2.75, 3.05) is 49.6 Å². The molecule has 3 heterocycles. The molecule has 1 aliphatic rings. The Morgan fingerprint density at radius 3 is 2.71 bits per heavy atom. The Bertz CT molecular complexity index is 726. The van der Waals surface area contributed by atoms with Gasteiger partial charge in [0.15, 0.2) is 0 Å². The lowest BCUT2D eigenvalue weighted by Crippen LogP contribution is -2.47. The van der Waals surface area contributed by atoms with Gasteiger partial charge in [-0.1, -0.05) is 6.07 Å². The second-order valence-electron chi connectivity index (χ2n) is 5.89. The van der Waals surface area contributed by atoms with Crippen LogP contribution in [0.1, 0.15) is 0 Å². The Labute approximate surface area is 140 Å². The van der Waals surface area contributed by atoms with Crippen LogP contribution < -0.4 is 15.8 Å². The third-order valence-electron chi connectivity index (χ3n) is 4.23. The highest BCUT2D eigenvalue weighted by Gasteiger charge is 2.18. The topological polar surface area (TPSA) is 53.4 Å². The number of nitrogens with one attached hydrogen (secondary N) is 1. The molecule has 6 nitrogen and oxygen atoms in total. The summed E-state index contributed by atoms with van der Waals surface area (Å²) < 4.78 is 14.0. The number of alkyl halides is 1. The van der Waals surface area contributed by atoms with Crippen molar-refractivity contribution in [2.24, 2.45) is 7.05 Å². The fourth-order valence-electron chi connectivity index (χ4n) is 2.88. The second kappa shape index (κ2) is 7.44. The summed E-state index contributed by atoms with van der Waals surface area (Å²) >= 11 is 0. The van der Waals surface area contributed by atoms with Gasteiger partial charge in [0.2, 0.25) is 0 Å². The molecular weight excluding hydrogens is 309 g/mol. The predicted octanol–water partition coefficient (Wildman–Crippen LogP) is 1.62. The third kappa shape index (κ3) is 3.73. The lowest BCUT2D eigenvalue weighted by molar-refractivity contribution is 0.235. The van der Waals surface area contributed by atoms with Crippen molar-refractivity contribution >= 4 is 17.2 Å². The molecule has 0 aliphatic carbocycles. The Morgan fingerprint density at radius 2 is 2.04 bits per heavy atom. The van der Waals surface area contributed by atoms with E-state index in [0.717, 1.165) is 31.9 Å². The summed E-state index contributed by atoms with van der Waals surface area (Å²) in [5.41, 5.74) is 1.38. The Morgan fingerprint density at radius 1 is 1.25 bits per heavy atom. The first-order chi connectivity index (χ1) is 11.7. The molecule has 1 saturated heterocycles. The zero-order chi connectivity index (χ0) is 16.9.